The molecule has 1 unspecified atom stereocenters. The molecule has 8 nitrogen and oxygen atoms in total. The summed E-state index contributed by atoms with van der Waals surface area (Å²) in [4.78, 5) is 32.4. The number of carbonyl (C=O) groups is 2. The summed E-state index contributed by atoms with van der Waals surface area (Å²) in [5.41, 5.74) is -1.14. The van der Waals surface area contributed by atoms with Gasteiger partial charge in [0.2, 0.25) is 5.91 Å². The fraction of sp³-hybridized carbons (Fsp3) is 0.393. The Labute approximate surface area is 239 Å². The summed E-state index contributed by atoms with van der Waals surface area (Å²) in [6.07, 6.45) is -0.888. The molecule has 2 N–H and O–H groups in total. The number of benzene rings is 2. The maximum atomic E-state index is 13.5. The number of nitrogens with zero attached hydrogens (tertiary/aromatic N) is 2. The first-order chi connectivity index (χ1) is 19.5. The molecule has 2 aromatic carbocycles. The van der Waals surface area contributed by atoms with Gasteiger partial charge in [0.15, 0.2) is 15.0 Å². The molecule has 1 aliphatic heterocycles. The van der Waals surface area contributed by atoms with E-state index < -0.39 is 33.5 Å². The third kappa shape index (κ3) is 6.72. The molecule has 0 bridgehead atoms. The summed E-state index contributed by atoms with van der Waals surface area (Å²) in [6.45, 7) is 0.309. The highest BCUT2D eigenvalue weighted by Crippen LogP contribution is 2.35. The number of thiazole rings is 1. The zero-order chi connectivity index (χ0) is 29.2. The molecule has 1 aliphatic carbocycles. The first-order valence-corrected chi connectivity index (χ1v) is 15.8. The first-order valence-electron chi connectivity index (χ1n) is 13.2. The number of nitrogens with one attached hydrogen (secondary N) is 2. The van der Waals surface area contributed by atoms with Gasteiger partial charge in [-0.05, 0) is 61.9 Å². The van der Waals surface area contributed by atoms with Crippen LogP contribution in [-0.4, -0.2) is 60.5 Å². The van der Waals surface area contributed by atoms with Crippen molar-refractivity contribution in [1.82, 2.24) is 15.2 Å². The molecule has 13 heteroatoms. The van der Waals surface area contributed by atoms with Gasteiger partial charge in [-0.15, -0.1) is 11.3 Å². The number of hydrogen-bond acceptors (Lipinski definition) is 7. The van der Waals surface area contributed by atoms with Crippen molar-refractivity contribution in [1.29, 1.82) is 0 Å². The summed E-state index contributed by atoms with van der Waals surface area (Å²) in [6, 6.07) is 10.9. The topological polar surface area (TPSA) is 108 Å². The summed E-state index contributed by atoms with van der Waals surface area (Å²) < 4.78 is 66.0. The first kappa shape index (κ1) is 29.1. The predicted molar refractivity (Wildman–Crippen MR) is 148 cm³/mol. The Hall–Kier alpha value is -3.45. The van der Waals surface area contributed by atoms with Gasteiger partial charge < -0.3 is 15.5 Å². The standard InChI is InChI=1S/C28H29F3N4O4S2/c29-28(30,31)20-6-4-5-18(15-20)25(36)34-23-11-13-35(26(23)37)24-10-9-21(33-27-32-12-14-40-27)16-19(24)17-41(38,39)22-7-2-1-3-8-22/h1-8,12,14-15,19,21,23-24H,9-11,13,16-17H2,(H,32,33)(H,34,36)/t19-,21-,23?,24+/m1/s1. The van der Waals surface area contributed by atoms with E-state index >= 15 is 0 Å². The quantitative estimate of drug-likeness (QED) is 0.388. The number of hydrogen-bond donors (Lipinski definition) is 2. The van der Waals surface area contributed by atoms with E-state index in [0.717, 1.165) is 23.3 Å². The van der Waals surface area contributed by atoms with Crippen LogP contribution in [0.5, 0.6) is 0 Å². The van der Waals surface area contributed by atoms with E-state index in [2.05, 4.69) is 15.6 Å². The number of alkyl halides is 3. The lowest BCUT2D eigenvalue weighted by Gasteiger charge is -2.41. The van der Waals surface area contributed by atoms with Crippen LogP contribution in [0.3, 0.4) is 0 Å². The minimum atomic E-state index is -4.60. The van der Waals surface area contributed by atoms with Crippen molar-refractivity contribution in [3.63, 3.8) is 0 Å². The van der Waals surface area contributed by atoms with Gasteiger partial charge in [-0.25, -0.2) is 13.4 Å². The smallest absolute Gasteiger partial charge is 0.359 e. The molecule has 1 saturated carbocycles. The van der Waals surface area contributed by atoms with E-state index in [1.165, 1.54) is 17.4 Å². The summed E-state index contributed by atoms with van der Waals surface area (Å²) in [7, 11) is -3.65. The lowest BCUT2D eigenvalue weighted by atomic mass is 9.81. The summed E-state index contributed by atoms with van der Waals surface area (Å²) >= 11 is 1.45. The molecular formula is C28H29F3N4O4S2. The Morgan fingerprint density at radius 3 is 2.56 bits per heavy atom. The average Bonchev–Trinajstić information content (AvgIpc) is 3.58. The molecule has 5 rings (SSSR count). The minimum Gasteiger partial charge on any atom is -0.359 e. The molecule has 1 aromatic heterocycles. The molecule has 2 heterocycles. The maximum Gasteiger partial charge on any atom is 0.416 e. The molecule has 41 heavy (non-hydrogen) atoms. The van der Waals surface area contributed by atoms with E-state index in [1.807, 2.05) is 5.38 Å². The Kier molecular flexibility index (Phi) is 8.37. The third-order valence-corrected chi connectivity index (χ3v) is 10.2. The number of carbonyl (C=O) groups excluding carboxylic acids is 2. The van der Waals surface area contributed by atoms with Gasteiger partial charge in [0.25, 0.3) is 5.91 Å². The van der Waals surface area contributed by atoms with E-state index in [4.69, 9.17) is 0 Å². The maximum absolute atomic E-state index is 13.5. The van der Waals surface area contributed by atoms with Gasteiger partial charge in [0, 0.05) is 35.8 Å². The monoisotopic (exact) mass is 606 g/mol. The Bertz CT molecular complexity index is 1480. The highest BCUT2D eigenvalue weighted by molar-refractivity contribution is 7.91. The van der Waals surface area contributed by atoms with Crippen molar-refractivity contribution in [3.05, 3.63) is 77.3 Å². The second kappa shape index (κ2) is 11.8. The SMILES string of the molecule is O=C(NC1CCN([C@H]2CC[C@@H](Nc3nccs3)C[C@@H]2CS(=O)(=O)c2ccccc2)C1=O)c1cccc(C(F)(F)F)c1. The highest BCUT2D eigenvalue weighted by Gasteiger charge is 2.44. The van der Waals surface area contributed by atoms with Crippen molar-refractivity contribution in [2.45, 2.75) is 54.9 Å². The van der Waals surface area contributed by atoms with Crippen LogP contribution in [0.25, 0.3) is 0 Å². The predicted octanol–water partition coefficient (Wildman–Crippen LogP) is 4.62. The number of rotatable bonds is 8. The normalized spacial score (nSPS) is 23.4. The number of sulfone groups is 1. The molecule has 1 saturated heterocycles. The summed E-state index contributed by atoms with van der Waals surface area (Å²) in [5, 5.41) is 8.56. The molecule has 4 atom stereocenters. The van der Waals surface area contributed by atoms with E-state index in [-0.39, 0.29) is 46.5 Å². The molecule has 0 spiro atoms. The van der Waals surface area contributed by atoms with Gasteiger partial charge in [-0.1, -0.05) is 24.3 Å². The number of amides is 2. The third-order valence-electron chi connectivity index (χ3n) is 7.64. The van der Waals surface area contributed by atoms with Crippen LogP contribution in [0.2, 0.25) is 0 Å². The van der Waals surface area contributed by atoms with Crippen LogP contribution in [0.1, 0.15) is 41.6 Å². The molecule has 2 aliphatic rings. The lowest BCUT2D eigenvalue weighted by molar-refractivity contribution is -0.137. The van der Waals surface area contributed by atoms with E-state index in [1.54, 1.807) is 41.4 Å². The summed E-state index contributed by atoms with van der Waals surface area (Å²) in [5.74, 6) is -1.66. The lowest BCUT2D eigenvalue weighted by Crippen LogP contribution is -2.51. The zero-order valence-corrected chi connectivity index (χ0v) is 23.5. The second-order valence-electron chi connectivity index (χ2n) is 10.3. The Morgan fingerprint density at radius 2 is 1.85 bits per heavy atom. The van der Waals surface area contributed by atoms with Crippen LogP contribution >= 0.6 is 11.3 Å². The van der Waals surface area contributed by atoms with Crippen molar-refractivity contribution in [2.24, 2.45) is 5.92 Å². The Morgan fingerprint density at radius 1 is 1.07 bits per heavy atom. The average molecular weight is 607 g/mol. The van der Waals surface area contributed by atoms with Crippen LogP contribution in [-0.2, 0) is 20.8 Å². The van der Waals surface area contributed by atoms with Crippen LogP contribution in [0, 0.1) is 5.92 Å². The minimum absolute atomic E-state index is 0.0255. The van der Waals surface area contributed by atoms with Crippen molar-refractivity contribution in [2.75, 3.05) is 17.6 Å². The highest BCUT2D eigenvalue weighted by atomic mass is 32.2. The van der Waals surface area contributed by atoms with E-state index in [0.29, 0.717) is 25.8 Å². The molecular weight excluding hydrogens is 577 g/mol. The van der Waals surface area contributed by atoms with Crippen LogP contribution in [0.15, 0.2) is 71.1 Å². The fourth-order valence-corrected chi connectivity index (χ4v) is 7.98. The number of halogens is 3. The second-order valence-corrected chi connectivity index (χ2v) is 13.3. The number of aromatic nitrogens is 1. The Balaban J connectivity index is 1.31. The van der Waals surface area contributed by atoms with Crippen molar-refractivity contribution in [3.8, 4) is 0 Å². The molecule has 0 radical (unpaired) electrons. The molecule has 218 valence electrons. The fourth-order valence-electron chi connectivity index (χ4n) is 5.69. The van der Waals surface area contributed by atoms with Crippen molar-refractivity contribution >= 4 is 38.1 Å². The van der Waals surface area contributed by atoms with Gasteiger partial charge in [-0.2, -0.15) is 13.2 Å². The zero-order valence-electron chi connectivity index (χ0n) is 21.9. The van der Waals surface area contributed by atoms with Crippen LogP contribution < -0.4 is 10.6 Å². The molecule has 2 fully saturated rings. The van der Waals surface area contributed by atoms with Gasteiger partial charge >= 0.3 is 6.18 Å². The molecule has 3 aromatic rings. The van der Waals surface area contributed by atoms with Gasteiger partial charge in [0.1, 0.15) is 6.04 Å². The largest absolute Gasteiger partial charge is 0.416 e. The van der Waals surface area contributed by atoms with E-state index in [9.17, 15) is 31.2 Å². The van der Waals surface area contributed by atoms with Gasteiger partial charge in [0.05, 0.1) is 16.2 Å². The van der Waals surface area contributed by atoms with Crippen molar-refractivity contribution < 1.29 is 31.2 Å². The number of anilines is 1. The van der Waals surface area contributed by atoms with Gasteiger partial charge in [-0.3, -0.25) is 9.59 Å². The molecule has 2 amide bonds. The van der Waals surface area contributed by atoms with Crippen LogP contribution in [0.4, 0.5) is 18.3 Å². The number of likely N-dealkylation sites (tertiary alicyclic amines) is 1.